The monoisotopic (exact) mass is 288 g/mol. The molecule has 0 saturated carbocycles. The highest BCUT2D eigenvalue weighted by Gasteiger charge is 2.34. The number of pyridine rings is 1. The maximum Gasteiger partial charge on any atom is 0.433 e. The molecule has 0 bridgehead atoms. The van der Waals surface area contributed by atoms with Gasteiger partial charge in [-0.3, -0.25) is 4.98 Å². The highest BCUT2D eigenvalue weighted by Crippen LogP contribution is 2.33. The van der Waals surface area contributed by atoms with Crippen molar-refractivity contribution in [1.82, 2.24) is 9.88 Å². The predicted octanol–water partition coefficient (Wildman–Crippen LogP) is 3.27. The average Bonchev–Trinajstić information content (AvgIpc) is 2.37. The summed E-state index contributed by atoms with van der Waals surface area (Å²) < 4.78 is 37.9. The number of nitrogens with zero attached hydrogens (tertiary/aromatic N) is 2. The molecule has 1 aliphatic heterocycles. The maximum atomic E-state index is 12.6. The van der Waals surface area contributed by atoms with Gasteiger partial charge in [0.2, 0.25) is 0 Å². The third kappa shape index (κ3) is 3.02. The molecule has 1 aromatic rings. The second-order valence-corrected chi connectivity index (χ2v) is 4.98. The van der Waals surface area contributed by atoms with E-state index in [1.165, 1.54) is 24.1 Å². The van der Waals surface area contributed by atoms with Crippen LogP contribution in [0.5, 0.6) is 0 Å². The van der Waals surface area contributed by atoms with Gasteiger partial charge >= 0.3 is 12.3 Å². The van der Waals surface area contributed by atoms with Crippen LogP contribution in [0, 0.1) is 6.92 Å². The zero-order valence-corrected chi connectivity index (χ0v) is 10.9. The first-order valence-electron chi connectivity index (χ1n) is 6.30. The first-order valence-corrected chi connectivity index (χ1v) is 6.30. The van der Waals surface area contributed by atoms with E-state index in [0.717, 1.165) is 5.56 Å². The van der Waals surface area contributed by atoms with Crippen LogP contribution in [0.2, 0.25) is 0 Å². The molecule has 0 aromatic carbocycles. The van der Waals surface area contributed by atoms with Gasteiger partial charge in [0.15, 0.2) is 0 Å². The van der Waals surface area contributed by atoms with Crippen molar-refractivity contribution in [3.63, 3.8) is 0 Å². The van der Waals surface area contributed by atoms with Gasteiger partial charge in [-0.2, -0.15) is 13.2 Å². The van der Waals surface area contributed by atoms with Gasteiger partial charge in [0, 0.05) is 19.3 Å². The van der Waals surface area contributed by atoms with Gasteiger partial charge < -0.3 is 10.0 Å². The minimum Gasteiger partial charge on any atom is -0.465 e. The summed E-state index contributed by atoms with van der Waals surface area (Å²) in [6.07, 6.45) is -2.91. The molecule has 0 spiro atoms. The minimum absolute atomic E-state index is 0.0686. The van der Waals surface area contributed by atoms with Gasteiger partial charge in [0.25, 0.3) is 0 Å². The molecule has 0 radical (unpaired) electrons. The fraction of sp³-hybridized carbons (Fsp3) is 0.538. The molecular formula is C13H15F3N2O2. The zero-order valence-electron chi connectivity index (χ0n) is 10.9. The predicted molar refractivity (Wildman–Crippen MR) is 65.5 cm³/mol. The van der Waals surface area contributed by atoms with Crippen LogP contribution in [0.3, 0.4) is 0 Å². The Bertz CT molecular complexity index is 509. The standard InChI is InChI=1S/C13H15F3N2O2/c1-8-6-10(7-17-11(8)13(14,15)16)9-2-4-18(5-3-9)12(19)20/h6-7,9H,2-5H2,1H3,(H,19,20). The van der Waals surface area contributed by atoms with Crippen LogP contribution in [-0.2, 0) is 6.18 Å². The maximum absolute atomic E-state index is 12.6. The molecule has 0 unspecified atom stereocenters. The number of likely N-dealkylation sites (tertiary alicyclic amines) is 1. The van der Waals surface area contributed by atoms with Crippen LogP contribution in [0.4, 0.5) is 18.0 Å². The Morgan fingerprint density at radius 3 is 2.45 bits per heavy atom. The van der Waals surface area contributed by atoms with E-state index in [1.54, 1.807) is 0 Å². The summed E-state index contributed by atoms with van der Waals surface area (Å²) in [5, 5.41) is 8.85. The largest absolute Gasteiger partial charge is 0.465 e. The zero-order chi connectivity index (χ0) is 14.9. The van der Waals surface area contributed by atoms with Gasteiger partial charge in [0.1, 0.15) is 5.69 Å². The molecule has 2 heterocycles. The lowest BCUT2D eigenvalue weighted by molar-refractivity contribution is -0.141. The lowest BCUT2D eigenvalue weighted by Gasteiger charge is -2.30. The normalized spacial score (nSPS) is 17.3. The van der Waals surface area contributed by atoms with Crippen molar-refractivity contribution in [2.75, 3.05) is 13.1 Å². The molecule has 1 aliphatic rings. The number of carboxylic acid groups (broad SMARTS) is 1. The highest BCUT2D eigenvalue weighted by molar-refractivity contribution is 5.65. The topological polar surface area (TPSA) is 53.4 Å². The lowest BCUT2D eigenvalue weighted by Crippen LogP contribution is -2.36. The van der Waals surface area contributed by atoms with E-state index in [1.807, 2.05) is 0 Å². The Labute approximate surface area is 114 Å². The molecule has 1 amide bonds. The Morgan fingerprint density at radius 1 is 1.40 bits per heavy atom. The molecule has 2 rings (SSSR count). The summed E-state index contributed by atoms with van der Waals surface area (Å²) in [5.74, 6) is 0.0686. The van der Waals surface area contributed by atoms with Crippen molar-refractivity contribution >= 4 is 6.09 Å². The molecule has 20 heavy (non-hydrogen) atoms. The van der Waals surface area contributed by atoms with E-state index >= 15 is 0 Å². The van der Waals surface area contributed by atoms with Crippen molar-refractivity contribution in [2.24, 2.45) is 0 Å². The van der Waals surface area contributed by atoms with Crippen LogP contribution in [0.1, 0.15) is 35.6 Å². The van der Waals surface area contributed by atoms with E-state index in [-0.39, 0.29) is 11.5 Å². The Balaban J connectivity index is 2.12. The van der Waals surface area contributed by atoms with Crippen LogP contribution in [0.25, 0.3) is 0 Å². The number of alkyl halides is 3. The molecule has 1 aromatic heterocycles. The quantitative estimate of drug-likeness (QED) is 0.863. The summed E-state index contributed by atoms with van der Waals surface area (Å²) >= 11 is 0. The smallest absolute Gasteiger partial charge is 0.433 e. The molecule has 0 aliphatic carbocycles. The molecule has 1 N–H and O–H groups in total. The number of piperidine rings is 1. The highest BCUT2D eigenvalue weighted by atomic mass is 19.4. The van der Waals surface area contributed by atoms with Gasteiger partial charge in [-0.15, -0.1) is 0 Å². The number of hydrogen-bond donors (Lipinski definition) is 1. The summed E-state index contributed by atoms with van der Waals surface area (Å²) in [5.41, 5.74) is 0.000393. The second-order valence-electron chi connectivity index (χ2n) is 4.98. The van der Waals surface area contributed by atoms with Gasteiger partial charge in [-0.25, -0.2) is 4.79 Å². The first-order chi connectivity index (χ1) is 9.29. The number of aromatic nitrogens is 1. The van der Waals surface area contributed by atoms with E-state index in [4.69, 9.17) is 5.11 Å². The Kier molecular flexibility index (Phi) is 3.87. The summed E-state index contributed by atoms with van der Waals surface area (Å²) in [4.78, 5) is 15.6. The van der Waals surface area contributed by atoms with Crippen LogP contribution < -0.4 is 0 Å². The van der Waals surface area contributed by atoms with Crippen LogP contribution >= 0.6 is 0 Å². The summed E-state index contributed by atoms with van der Waals surface area (Å²) in [7, 11) is 0. The number of carbonyl (C=O) groups is 1. The number of rotatable bonds is 1. The fourth-order valence-corrected chi connectivity index (χ4v) is 2.52. The van der Waals surface area contributed by atoms with Crippen LogP contribution in [0.15, 0.2) is 12.3 Å². The average molecular weight is 288 g/mol. The lowest BCUT2D eigenvalue weighted by atomic mass is 9.89. The molecular weight excluding hydrogens is 273 g/mol. The first kappa shape index (κ1) is 14.6. The number of aryl methyl sites for hydroxylation is 1. The summed E-state index contributed by atoms with van der Waals surface area (Å²) in [6.45, 7) is 2.20. The second kappa shape index (κ2) is 5.30. The Hall–Kier alpha value is -1.79. The molecule has 110 valence electrons. The fourth-order valence-electron chi connectivity index (χ4n) is 2.52. The van der Waals surface area contributed by atoms with E-state index < -0.39 is 18.0 Å². The van der Waals surface area contributed by atoms with Crippen molar-refractivity contribution in [2.45, 2.75) is 31.9 Å². The van der Waals surface area contributed by atoms with E-state index in [0.29, 0.717) is 25.9 Å². The third-order valence-corrected chi connectivity index (χ3v) is 3.60. The van der Waals surface area contributed by atoms with Gasteiger partial charge in [-0.1, -0.05) is 6.07 Å². The number of amides is 1. The Morgan fingerprint density at radius 2 is 2.00 bits per heavy atom. The van der Waals surface area contributed by atoms with Crippen molar-refractivity contribution in [3.8, 4) is 0 Å². The van der Waals surface area contributed by atoms with Gasteiger partial charge in [-0.05, 0) is 36.8 Å². The van der Waals surface area contributed by atoms with Crippen molar-refractivity contribution < 1.29 is 23.1 Å². The molecule has 4 nitrogen and oxygen atoms in total. The summed E-state index contributed by atoms with van der Waals surface area (Å²) in [6, 6.07) is 1.51. The SMILES string of the molecule is Cc1cc(C2CCN(C(=O)O)CC2)cnc1C(F)(F)F. The third-order valence-electron chi connectivity index (χ3n) is 3.60. The van der Waals surface area contributed by atoms with Gasteiger partial charge in [0.05, 0.1) is 0 Å². The van der Waals surface area contributed by atoms with Crippen molar-refractivity contribution in [1.29, 1.82) is 0 Å². The van der Waals surface area contributed by atoms with E-state index in [2.05, 4.69) is 4.98 Å². The van der Waals surface area contributed by atoms with Crippen LogP contribution in [-0.4, -0.2) is 34.2 Å². The minimum atomic E-state index is -4.44. The molecule has 1 fully saturated rings. The molecule has 7 heteroatoms. The molecule has 1 saturated heterocycles. The number of hydrogen-bond acceptors (Lipinski definition) is 2. The number of halogens is 3. The van der Waals surface area contributed by atoms with E-state index in [9.17, 15) is 18.0 Å². The molecule has 0 atom stereocenters. The van der Waals surface area contributed by atoms with Crippen molar-refractivity contribution in [3.05, 3.63) is 29.1 Å².